The van der Waals surface area contributed by atoms with Gasteiger partial charge in [-0.25, -0.2) is 0 Å². The lowest BCUT2D eigenvalue weighted by atomic mass is 9.74. The molecule has 0 aliphatic heterocycles. The largest absolute Gasteiger partial charge is 0.370 e. The van der Waals surface area contributed by atoms with Gasteiger partial charge in [-0.2, -0.15) is 0 Å². The molecule has 2 nitrogen and oxygen atoms in total. The van der Waals surface area contributed by atoms with E-state index in [0.29, 0.717) is 6.42 Å². The minimum atomic E-state index is -0.153. The van der Waals surface area contributed by atoms with Crippen molar-refractivity contribution in [1.82, 2.24) is 0 Å². The Labute approximate surface area is 61.8 Å². The molecule has 58 valence electrons. The third-order valence-corrected chi connectivity index (χ3v) is 2.27. The van der Waals surface area contributed by atoms with E-state index in [1.165, 1.54) is 12.8 Å². The quantitative estimate of drug-likeness (QED) is 0.632. The number of rotatable bonds is 3. The molecule has 1 saturated carbocycles. The Kier molecular flexibility index (Phi) is 2.30. The molecule has 0 bridgehead atoms. The number of hydrogen-bond donors (Lipinski definition) is 1. The van der Waals surface area contributed by atoms with Crippen LogP contribution in [0.4, 0.5) is 0 Å². The van der Waals surface area contributed by atoms with Crippen molar-refractivity contribution in [2.45, 2.75) is 32.6 Å². The van der Waals surface area contributed by atoms with Crippen LogP contribution in [0.5, 0.6) is 0 Å². The highest BCUT2D eigenvalue weighted by Gasteiger charge is 2.24. The van der Waals surface area contributed by atoms with Gasteiger partial charge < -0.3 is 5.73 Å². The van der Waals surface area contributed by atoms with Gasteiger partial charge in [0, 0.05) is 6.42 Å². The molecule has 0 aromatic heterocycles. The standard InChI is InChI=1S/C8H15NO/c1-6-4-7(5-6)2-3-8(9)10/h6-7H,2-5H2,1H3,(H2,9,10). The maximum Gasteiger partial charge on any atom is 0.217 e. The van der Waals surface area contributed by atoms with E-state index in [1.807, 2.05) is 0 Å². The summed E-state index contributed by atoms with van der Waals surface area (Å²) in [7, 11) is 0. The number of carbonyl (C=O) groups excluding carboxylic acids is 1. The molecule has 0 aromatic carbocycles. The van der Waals surface area contributed by atoms with Crippen LogP contribution in [0.25, 0.3) is 0 Å². The fourth-order valence-electron chi connectivity index (χ4n) is 1.65. The molecule has 0 unspecified atom stereocenters. The lowest BCUT2D eigenvalue weighted by molar-refractivity contribution is -0.118. The van der Waals surface area contributed by atoms with Crippen molar-refractivity contribution in [2.75, 3.05) is 0 Å². The molecule has 0 spiro atoms. The molecule has 0 heterocycles. The van der Waals surface area contributed by atoms with Crippen LogP contribution in [0, 0.1) is 11.8 Å². The first-order valence-corrected chi connectivity index (χ1v) is 3.96. The van der Waals surface area contributed by atoms with E-state index >= 15 is 0 Å². The average Bonchev–Trinajstić information content (AvgIpc) is 1.77. The lowest BCUT2D eigenvalue weighted by Gasteiger charge is -2.32. The van der Waals surface area contributed by atoms with E-state index < -0.39 is 0 Å². The average molecular weight is 141 g/mol. The van der Waals surface area contributed by atoms with Gasteiger partial charge in [0.25, 0.3) is 0 Å². The van der Waals surface area contributed by atoms with Gasteiger partial charge in [0.15, 0.2) is 0 Å². The van der Waals surface area contributed by atoms with Gasteiger partial charge in [0.05, 0.1) is 0 Å². The number of primary amides is 1. The van der Waals surface area contributed by atoms with Crippen molar-refractivity contribution in [3.63, 3.8) is 0 Å². The van der Waals surface area contributed by atoms with E-state index in [9.17, 15) is 4.79 Å². The minimum Gasteiger partial charge on any atom is -0.370 e. The molecule has 0 saturated heterocycles. The summed E-state index contributed by atoms with van der Waals surface area (Å²) in [6, 6.07) is 0. The number of amides is 1. The summed E-state index contributed by atoms with van der Waals surface area (Å²) < 4.78 is 0. The first-order chi connectivity index (χ1) is 4.68. The van der Waals surface area contributed by atoms with Gasteiger partial charge in [0.2, 0.25) is 5.91 Å². The maximum atomic E-state index is 10.3. The van der Waals surface area contributed by atoms with Crippen molar-refractivity contribution in [3.8, 4) is 0 Å². The van der Waals surface area contributed by atoms with Crippen LogP contribution in [0.15, 0.2) is 0 Å². The predicted molar refractivity (Wildman–Crippen MR) is 40.3 cm³/mol. The van der Waals surface area contributed by atoms with Gasteiger partial charge in [-0.15, -0.1) is 0 Å². The Hall–Kier alpha value is -0.530. The van der Waals surface area contributed by atoms with Crippen molar-refractivity contribution >= 4 is 5.91 Å². The second-order valence-electron chi connectivity index (χ2n) is 3.45. The molecule has 1 rings (SSSR count). The molecule has 0 atom stereocenters. The zero-order valence-corrected chi connectivity index (χ0v) is 6.47. The minimum absolute atomic E-state index is 0.153. The molecule has 1 amide bonds. The predicted octanol–water partition coefficient (Wildman–Crippen LogP) is 1.30. The Bertz CT molecular complexity index is 127. The van der Waals surface area contributed by atoms with Gasteiger partial charge in [0.1, 0.15) is 0 Å². The second kappa shape index (κ2) is 3.04. The Morgan fingerprint density at radius 1 is 1.60 bits per heavy atom. The van der Waals surface area contributed by atoms with Crippen LogP contribution in [0.3, 0.4) is 0 Å². The van der Waals surface area contributed by atoms with Crippen LogP contribution < -0.4 is 5.73 Å². The smallest absolute Gasteiger partial charge is 0.217 e. The monoisotopic (exact) mass is 141 g/mol. The third-order valence-electron chi connectivity index (χ3n) is 2.27. The molecule has 1 aliphatic rings. The van der Waals surface area contributed by atoms with Gasteiger partial charge in [-0.3, -0.25) is 4.79 Å². The molecule has 0 radical (unpaired) electrons. The zero-order chi connectivity index (χ0) is 7.56. The number of nitrogens with two attached hydrogens (primary N) is 1. The van der Waals surface area contributed by atoms with E-state index in [0.717, 1.165) is 18.3 Å². The summed E-state index contributed by atoms with van der Waals surface area (Å²) in [4.78, 5) is 10.3. The van der Waals surface area contributed by atoms with E-state index in [-0.39, 0.29) is 5.91 Å². The molecule has 1 aliphatic carbocycles. The summed E-state index contributed by atoms with van der Waals surface area (Å²) in [5.41, 5.74) is 5.02. The molecular formula is C8H15NO. The van der Waals surface area contributed by atoms with Crippen LogP contribution in [-0.4, -0.2) is 5.91 Å². The first-order valence-electron chi connectivity index (χ1n) is 3.96. The molecule has 10 heavy (non-hydrogen) atoms. The Morgan fingerprint density at radius 3 is 2.60 bits per heavy atom. The number of carbonyl (C=O) groups is 1. The van der Waals surface area contributed by atoms with Gasteiger partial charge >= 0.3 is 0 Å². The molecule has 1 fully saturated rings. The van der Waals surface area contributed by atoms with Crippen molar-refractivity contribution in [3.05, 3.63) is 0 Å². The summed E-state index contributed by atoms with van der Waals surface area (Å²) in [5, 5.41) is 0. The Morgan fingerprint density at radius 2 is 2.20 bits per heavy atom. The topological polar surface area (TPSA) is 43.1 Å². The van der Waals surface area contributed by atoms with Crippen LogP contribution >= 0.6 is 0 Å². The van der Waals surface area contributed by atoms with Crippen molar-refractivity contribution in [1.29, 1.82) is 0 Å². The van der Waals surface area contributed by atoms with Gasteiger partial charge in [-0.05, 0) is 31.1 Å². The summed E-state index contributed by atoms with van der Waals surface area (Å²) >= 11 is 0. The summed E-state index contributed by atoms with van der Waals surface area (Å²) in [5.74, 6) is 1.53. The van der Waals surface area contributed by atoms with Crippen LogP contribution in [-0.2, 0) is 4.79 Å². The molecule has 0 aromatic rings. The highest BCUT2D eigenvalue weighted by atomic mass is 16.1. The number of hydrogen-bond acceptors (Lipinski definition) is 1. The Balaban J connectivity index is 2.00. The van der Waals surface area contributed by atoms with E-state index in [4.69, 9.17) is 5.73 Å². The third kappa shape index (κ3) is 2.01. The highest BCUT2D eigenvalue weighted by molar-refractivity contribution is 5.73. The van der Waals surface area contributed by atoms with Crippen LogP contribution in [0.2, 0.25) is 0 Å². The first kappa shape index (κ1) is 7.58. The van der Waals surface area contributed by atoms with E-state index in [1.54, 1.807) is 0 Å². The van der Waals surface area contributed by atoms with E-state index in [2.05, 4.69) is 6.92 Å². The van der Waals surface area contributed by atoms with Gasteiger partial charge in [-0.1, -0.05) is 6.92 Å². The zero-order valence-electron chi connectivity index (χ0n) is 6.47. The lowest BCUT2D eigenvalue weighted by Crippen LogP contribution is -2.23. The summed E-state index contributed by atoms with van der Waals surface area (Å²) in [6.07, 6.45) is 4.19. The fourth-order valence-corrected chi connectivity index (χ4v) is 1.65. The second-order valence-corrected chi connectivity index (χ2v) is 3.45. The van der Waals surface area contributed by atoms with Crippen molar-refractivity contribution in [2.24, 2.45) is 17.6 Å². The molecular weight excluding hydrogens is 126 g/mol. The SMILES string of the molecule is CC1CC(CCC(N)=O)C1. The molecule has 2 heteroatoms. The van der Waals surface area contributed by atoms with Crippen molar-refractivity contribution < 1.29 is 4.79 Å². The molecule has 2 N–H and O–H groups in total. The maximum absolute atomic E-state index is 10.3. The fraction of sp³-hybridized carbons (Fsp3) is 0.875. The highest BCUT2D eigenvalue weighted by Crippen LogP contribution is 2.35. The van der Waals surface area contributed by atoms with Crippen LogP contribution in [0.1, 0.15) is 32.6 Å². The summed E-state index contributed by atoms with van der Waals surface area (Å²) in [6.45, 7) is 2.25. The normalized spacial score (nSPS) is 31.3.